The molecule has 2 rings (SSSR count). The van der Waals surface area contributed by atoms with Gasteiger partial charge in [0.2, 0.25) is 0 Å². The zero-order chi connectivity index (χ0) is 16.2. The molecule has 1 aromatic heterocycles. The van der Waals surface area contributed by atoms with Crippen molar-refractivity contribution in [2.24, 2.45) is 5.92 Å². The number of hydrogen-bond donors (Lipinski definition) is 1. The van der Waals surface area contributed by atoms with E-state index in [0.29, 0.717) is 37.7 Å². The Bertz CT molecular complexity index is 515. The molecule has 1 atom stereocenters. The molecule has 0 amide bonds. The molecule has 1 aliphatic rings. The molecule has 0 aliphatic carbocycles. The molecule has 120 valence electrons. The summed E-state index contributed by atoms with van der Waals surface area (Å²) in [5, 5.41) is 19.5. The van der Waals surface area contributed by atoms with Crippen LogP contribution < -0.4 is 5.32 Å². The van der Waals surface area contributed by atoms with Gasteiger partial charge < -0.3 is 5.32 Å². The number of hydrogen-bond acceptors (Lipinski definition) is 5. The van der Waals surface area contributed by atoms with Crippen LogP contribution in [0.1, 0.15) is 25.5 Å². The molecular weight excluding hydrogens is 295 g/mol. The molecule has 0 aromatic carbocycles. The lowest BCUT2D eigenvalue weighted by molar-refractivity contribution is -0.148. The highest BCUT2D eigenvalue weighted by atomic mass is 19.4. The van der Waals surface area contributed by atoms with Crippen molar-refractivity contribution in [1.29, 1.82) is 5.26 Å². The Morgan fingerprint density at radius 1 is 1.36 bits per heavy atom. The van der Waals surface area contributed by atoms with Crippen molar-refractivity contribution in [3.63, 3.8) is 0 Å². The monoisotopic (exact) mass is 313 g/mol. The van der Waals surface area contributed by atoms with Gasteiger partial charge in [0.1, 0.15) is 11.9 Å². The lowest BCUT2D eigenvalue weighted by atomic mass is 9.90. The molecule has 0 saturated carbocycles. The molecule has 5 nitrogen and oxygen atoms in total. The quantitative estimate of drug-likeness (QED) is 0.925. The van der Waals surface area contributed by atoms with Crippen LogP contribution in [0.3, 0.4) is 0 Å². The second kappa shape index (κ2) is 6.92. The predicted molar refractivity (Wildman–Crippen MR) is 75.1 cm³/mol. The number of halogens is 3. The predicted octanol–water partition coefficient (Wildman–Crippen LogP) is 2.42. The molecule has 1 saturated heterocycles. The third-order valence-corrected chi connectivity index (χ3v) is 3.90. The second-order valence-electron chi connectivity index (χ2n) is 5.58. The summed E-state index contributed by atoms with van der Waals surface area (Å²) in [6.07, 6.45) is -2.70. The van der Waals surface area contributed by atoms with E-state index in [4.69, 9.17) is 5.26 Å². The van der Waals surface area contributed by atoms with Crippen molar-refractivity contribution in [2.75, 3.05) is 25.0 Å². The van der Waals surface area contributed by atoms with Crippen molar-refractivity contribution in [3.05, 3.63) is 17.8 Å². The van der Waals surface area contributed by atoms with Crippen LogP contribution in [0.2, 0.25) is 0 Å². The van der Waals surface area contributed by atoms with Crippen LogP contribution in [0.15, 0.2) is 12.1 Å². The first-order valence-corrected chi connectivity index (χ1v) is 7.17. The highest BCUT2D eigenvalue weighted by molar-refractivity contribution is 5.36. The van der Waals surface area contributed by atoms with Crippen molar-refractivity contribution in [3.8, 4) is 6.07 Å². The van der Waals surface area contributed by atoms with E-state index in [2.05, 4.69) is 15.5 Å². The van der Waals surface area contributed by atoms with Gasteiger partial charge in [-0.1, -0.05) is 0 Å². The molecule has 2 heterocycles. The van der Waals surface area contributed by atoms with E-state index >= 15 is 0 Å². The van der Waals surface area contributed by atoms with Crippen LogP contribution in [0.5, 0.6) is 0 Å². The molecule has 8 heteroatoms. The molecule has 22 heavy (non-hydrogen) atoms. The number of likely N-dealkylation sites (tertiary alicyclic amines) is 1. The average molecular weight is 313 g/mol. The Balaban J connectivity index is 1.82. The minimum atomic E-state index is -4.13. The zero-order valence-electron chi connectivity index (χ0n) is 12.3. The Morgan fingerprint density at radius 2 is 2.05 bits per heavy atom. The Morgan fingerprint density at radius 3 is 2.55 bits per heavy atom. The number of nitrogens with zero attached hydrogens (tertiary/aromatic N) is 4. The maximum atomic E-state index is 12.4. The first kappa shape index (κ1) is 16.5. The summed E-state index contributed by atoms with van der Waals surface area (Å²) in [5.74, 6) is 0.867. The highest BCUT2D eigenvalue weighted by Gasteiger charge is 2.33. The van der Waals surface area contributed by atoms with Crippen LogP contribution in [0.25, 0.3) is 0 Å². The van der Waals surface area contributed by atoms with E-state index in [0.717, 1.165) is 0 Å². The standard InChI is InChI=1S/C14H18F3N5/c1-10(19-13-3-2-12(8-18)20-21-13)11-4-6-22(7-5-11)9-14(15,16)17/h2-3,10-11H,4-7,9H2,1H3,(H,19,21)/t10-/m1/s1. The number of nitriles is 1. The molecule has 1 aliphatic heterocycles. The molecular formula is C14H18F3N5. The summed E-state index contributed by atoms with van der Waals surface area (Å²) in [6.45, 7) is 2.07. The summed E-state index contributed by atoms with van der Waals surface area (Å²) < 4.78 is 37.1. The second-order valence-corrected chi connectivity index (χ2v) is 5.58. The van der Waals surface area contributed by atoms with E-state index in [-0.39, 0.29) is 11.7 Å². The Labute approximate surface area is 127 Å². The summed E-state index contributed by atoms with van der Waals surface area (Å²) in [4.78, 5) is 1.45. The smallest absolute Gasteiger partial charge is 0.366 e. The summed E-state index contributed by atoms with van der Waals surface area (Å²) >= 11 is 0. The molecule has 1 fully saturated rings. The van der Waals surface area contributed by atoms with Gasteiger partial charge in [-0.15, -0.1) is 10.2 Å². The third-order valence-electron chi connectivity index (χ3n) is 3.90. The summed E-state index contributed by atoms with van der Waals surface area (Å²) in [5.41, 5.74) is 0.249. The van der Waals surface area contributed by atoms with Crippen LogP contribution in [-0.4, -0.2) is 46.9 Å². The van der Waals surface area contributed by atoms with Crippen LogP contribution in [-0.2, 0) is 0 Å². The van der Waals surface area contributed by atoms with Crippen molar-refractivity contribution in [2.45, 2.75) is 32.0 Å². The van der Waals surface area contributed by atoms with Gasteiger partial charge in [-0.25, -0.2) is 0 Å². The van der Waals surface area contributed by atoms with Crippen molar-refractivity contribution < 1.29 is 13.2 Å². The van der Waals surface area contributed by atoms with Crippen molar-refractivity contribution >= 4 is 5.82 Å². The molecule has 0 bridgehead atoms. The fraction of sp³-hybridized carbons (Fsp3) is 0.643. The molecule has 0 radical (unpaired) electrons. The van der Waals surface area contributed by atoms with Gasteiger partial charge in [-0.05, 0) is 50.9 Å². The minimum absolute atomic E-state index is 0.0928. The fourth-order valence-corrected chi connectivity index (χ4v) is 2.68. The molecule has 1 N–H and O–H groups in total. The van der Waals surface area contributed by atoms with Crippen LogP contribution >= 0.6 is 0 Å². The van der Waals surface area contributed by atoms with Gasteiger partial charge in [0.05, 0.1) is 6.54 Å². The average Bonchev–Trinajstić information content (AvgIpc) is 2.47. The number of rotatable bonds is 4. The van der Waals surface area contributed by atoms with Gasteiger partial charge in [0, 0.05) is 6.04 Å². The van der Waals surface area contributed by atoms with E-state index in [1.54, 1.807) is 12.1 Å². The summed E-state index contributed by atoms with van der Waals surface area (Å²) in [7, 11) is 0. The third kappa shape index (κ3) is 4.84. The maximum absolute atomic E-state index is 12.4. The van der Waals surface area contributed by atoms with E-state index in [9.17, 15) is 13.2 Å². The van der Waals surface area contributed by atoms with E-state index in [1.165, 1.54) is 4.90 Å². The highest BCUT2D eigenvalue weighted by Crippen LogP contribution is 2.25. The van der Waals surface area contributed by atoms with E-state index < -0.39 is 12.7 Å². The number of piperidine rings is 1. The van der Waals surface area contributed by atoms with Gasteiger partial charge in [0.25, 0.3) is 0 Å². The van der Waals surface area contributed by atoms with Gasteiger partial charge >= 0.3 is 6.18 Å². The van der Waals surface area contributed by atoms with Gasteiger partial charge in [0.15, 0.2) is 5.69 Å². The number of nitrogens with one attached hydrogen (secondary N) is 1. The fourth-order valence-electron chi connectivity index (χ4n) is 2.68. The molecule has 1 aromatic rings. The minimum Gasteiger partial charge on any atom is -0.366 e. The SMILES string of the molecule is C[C@@H](Nc1ccc(C#N)nn1)C1CCN(CC(F)(F)F)CC1. The lowest BCUT2D eigenvalue weighted by Gasteiger charge is -2.35. The normalized spacial score (nSPS) is 18.7. The topological polar surface area (TPSA) is 64.8 Å². The Hall–Kier alpha value is -1.88. The lowest BCUT2D eigenvalue weighted by Crippen LogP contribution is -2.43. The first-order valence-electron chi connectivity index (χ1n) is 7.17. The molecule has 0 unspecified atom stereocenters. The first-order chi connectivity index (χ1) is 10.4. The number of anilines is 1. The van der Waals surface area contributed by atoms with Crippen molar-refractivity contribution in [1.82, 2.24) is 15.1 Å². The van der Waals surface area contributed by atoms with Gasteiger partial charge in [-0.2, -0.15) is 18.4 Å². The Kier molecular flexibility index (Phi) is 5.19. The number of aromatic nitrogens is 2. The van der Waals surface area contributed by atoms with Crippen LogP contribution in [0, 0.1) is 17.2 Å². The largest absolute Gasteiger partial charge is 0.401 e. The summed E-state index contributed by atoms with van der Waals surface area (Å²) in [6, 6.07) is 5.25. The zero-order valence-corrected chi connectivity index (χ0v) is 12.3. The maximum Gasteiger partial charge on any atom is 0.401 e. The van der Waals surface area contributed by atoms with E-state index in [1.807, 2.05) is 13.0 Å². The molecule has 0 spiro atoms. The number of alkyl halides is 3. The van der Waals surface area contributed by atoms with Gasteiger partial charge in [-0.3, -0.25) is 4.90 Å². The van der Waals surface area contributed by atoms with Crippen LogP contribution in [0.4, 0.5) is 19.0 Å².